The first kappa shape index (κ1) is 17.4. The molecule has 0 atom stereocenters. The van der Waals surface area contributed by atoms with Gasteiger partial charge in [0.2, 0.25) is 0 Å². The van der Waals surface area contributed by atoms with Crippen LogP contribution in [-0.4, -0.2) is 10.2 Å². The van der Waals surface area contributed by atoms with Crippen LogP contribution in [0.15, 0.2) is 0 Å². The lowest BCUT2D eigenvalue weighted by molar-refractivity contribution is 0.462. The highest BCUT2D eigenvalue weighted by atomic mass is 16.3. The summed E-state index contributed by atoms with van der Waals surface area (Å²) in [7, 11) is 0. The van der Waals surface area contributed by atoms with E-state index in [1.807, 2.05) is 20.8 Å². The fraction of sp³-hybridized carbons (Fsp3) is 0.429. The molecule has 0 bridgehead atoms. The Morgan fingerprint density at radius 1 is 0.435 bits per heavy atom. The van der Waals surface area contributed by atoms with Crippen molar-refractivity contribution in [3.63, 3.8) is 0 Å². The first-order valence-electron chi connectivity index (χ1n) is 8.15. The summed E-state index contributed by atoms with van der Waals surface area (Å²) in [6.07, 6.45) is 0.694. The molecule has 0 amide bonds. The van der Waals surface area contributed by atoms with Crippen LogP contribution in [0.4, 0.5) is 0 Å². The van der Waals surface area contributed by atoms with Gasteiger partial charge in [0.25, 0.3) is 0 Å². The summed E-state index contributed by atoms with van der Waals surface area (Å²) in [6, 6.07) is 0. The minimum atomic E-state index is 0.390. The van der Waals surface area contributed by atoms with E-state index in [2.05, 4.69) is 34.6 Å². The molecule has 0 aromatic heterocycles. The number of benzene rings is 2. The van der Waals surface area contributed by atoms with Gasteiger partial charge in [-0.3, -0.25) is 0 Å². The van der Waals surface area contributed by atoms with Gasteiger partial charge >= 0.3 is 0 Å². The van der Waals surface area contributed by atoms with Crippen molar-refractivity contribution in [2.45, 2.75) is 61.8 Å². The average molecular weight is 312 g/mol. The fourth-order valence-electron chi connectivity index (χ4n) is 3.40. The van der Waals surface area contributed by atoms with Crippen molar-refractivity contribution in [3.8, 4) is 11.5 Å². The molecule has 2 aromatic rings. The molecule has 2 rings (SSSR count). The maximum atomic E-state index is 10.7. The lowest BCUT2D eigenvalue weighted by Gasteiger charge is -2.21. The van der Waals surface area contributed by atoms with Crippen molar-refractivity contribution in [1.29, 1.82) is 0 Å². The minimum absolute atomic E-state index is 0.390. The number of hydrogen-bond donors (Lipinski definition) is 2. The number of hydrogen-bond acceptors (Lipinski definition) is 2. The molecule has 0 saturated heterocycles. The van der Waals surface area contributed by atoms with E-state index < -0.39 is 0 Å². The minimum Gasteiger partial charge on any atom is -0.507 e. The van der Waals surface area contributed by atoms with Crippen molar-refractivity contribution in [2.75, 3.05) is 0 Å². The summed E-state index contributed by atoms with van der Waals surface area (Å²) in [5, 5.41) is 20.9. The zero-order chi connectivity index (χ0) is 17.6. The smallest absolute Gasteiger partial charge is 0.122 e. The van der Waals surface area contributed by atoms with Gasteiger partial charge in [0.05, 0.1) is 0 Å². The van der Waals surface area contributed by atoms with Crippen molar-refractivity contribution in [3.05, 3.63) is 55.6 Å². The Bertz CT molecular complexity index is 673. The van der Waals surface area contributed by atoms with Gasteiger partial charge in [-0.25, -0.2) is 0 Å². The van der Waals surface area contributed by atoms with Gasteiger partial charge in [-0.2, -0.15) is 0 Å². The van der Waals surface area contributed by atoms with Crippen LogP contribution in [0.3, 0.4) is 0 Å². The third-order valence-electron chi connectivity index (χ3n) is 5.88. The Hall–Kier alpha value is -1.96. The van der Waals surface area contributed by atoms with Crippen molar-refractivity contribution in [2.24, 2.45) is 0 Å². The third kappa shape index (κ3) is 2.60. The van der Waals surface area contributed by atoms with Crippen molar-refractivity contribution in [1.82, 2.24) is 0 Å². The summed E-state index contributed by atoms with van der Waals surface area (Å²) in [5.74, 6) is 0.800. The monoisotopic (exact) mass is 312 g/mol. The number of phenols is 2. The van der Waals surface area contributed by atoms with Crippen LogP contribution >= 0.6 is 0 Å². The molecule has 0 spiro atoms. The molecule has 124 valence electrons. The summed E-state index contributed by atoms with van der Waals surface area (Å²) >= 11 is 0. The van der Waals surface area contributed by atoms with Gasteiger partial charge < -0.3 is 10.2 Å². The normalized spacial score (nSPS) is 11.1. The Morgan fingerprint density at radius 3 is 1.26 bits per heavy atom. The van der Waals surface area contributed by atoms with E-state index in [4.69, 9.17) is 0 Å². The van der Waals surface area contributed by atoms with Gasteiger partial charge in [0.1, 0.15) is 11.5 Å². The van der Waals surface area contributed by atoms with Crippen LogP contribution in [-0.2, 0) is 6.42 Å². The molecular weight excluding hydrogens is 284 g/mol. The number of aromatic hydroxyl groups is 2. The van der Waals surface area contributed by atoms with Crippen LogP contribution in [0.2, 0.25) is 0 Å². The molecule has 0 aliphatic heterocycles. The van der Waals surface area contributed by atoms with E-state index in [9.17, 15) is 10.2 Å². The maximum Gasteiger partial charge on any atom is 0.122 e. The van der Waals surface area contributed by atoms with E-state index in [-0.39, 0.29) is 0 Å². The third-order valence-corrected chi connectivity index (χ3v) is 5.88. The Kier molecular flexibility index (Phi) is 4.48. The summed E-state index contributed by atoms with van der Waals surface area (Å²) < 4.78 is 0. The lowest BCUT2D eigenvalue weighted by Crippen LogP contribution is -2.05. The highest BCUT2D eigenvalue weighted by molar-refractivity contribution is 5.59. The van der Waals surface area contributed by atoms with E-state index in [0.29, 0.717) is 17.9 Å². The van der Waals surface area contributed by atoms with Gasteiger partial charge in [0.15, 0.2) is 0 Å². The second-order valence-corrected chi connectivity index (χ2v) is 6.83. The van der Waals surface area contributed by atoms with Crippen LogP contribution < -0.4 is 0 Å². The first-order chi connectivity index (χ1) is 10.6. The van der Waals surface area contributed by atoms with Gasteiger partial charge in [-0.1, -0.05) is 0 Å². The van der Waals surface area contributed by atoms with Crippen LogP contribution in [0.1, 0.15) is 55.6 Å². The predicted octanol–water partition coefficient (Wildman–Crippen LogP) is 5.16. The SMILES string of the molecule is Cc1c(C)c(C)c(Cc2c(C)c(C)c(O)c(C)c2C)c(O)c1C. The molecule has 0 radical (unpaired) electrons. The Balaban J connectivity index is 2.71. The Morgan fingerprint density at radius 2 is 0.783 bits per heavy atom. The highest BCUT2D eigenvalue weighted by Crippen LogP contribution is 2.37. The molecule has 0 saturated carbocycles. The van der Waals surface area contributed by atoms with Gasteiger partial charge in [-0.05, 0) is 105 Å². The zero-order valence-corrected chi connectivity index (χ0v) is 15.6. The van der Waals surface area contributed by atoms with Gasteiger partial charge in [-0.15, -0.1) is 0 Å². The largest absolute Gasteiger partial charge is 0.507 e. The van der Waals surface area contributed by atoms with Crippen LogP contribution in [0.5, 0.6) is 11.5 Å². The molecule has 0 aliphatic carbocycles. The number of phenolic OH excluding ortho intramolecular Hbond substituents is 2. The van der Waals surface area contributed by atoms with Crippen LogP contribution in [0, 0.1) is 55.4 Å². The van der Waals surface area contributed by atoms with Crippen molar-refractivity contribution >= 4 is 0 Å². The summed E-state index contributed by atoms with van der Waals surface area (Å²) in [6.45, 7) is 16.3. The second-order valence-electron chi connectivity index (χ2n) is 6.83. The molecule has 0 unspecified atom stereocenters. The first-order valence-corrected chi connectivity index (χ1v) is 8.15. The van der Waals surface area contributed by atoms with E-state index >= 15 is 0 Å². The van der Waals surface area contributed by atoms with Gasteiger partial charge in [0, 0.05) is 12.0 Å². The molecule has 2 heteroatoms. The molecule has 2 N–H and O–H groups in total. The van der Waals surface area contributed by atoms with Crippen molar-refractivity contribution < 1.29 is 10.2 Å². The van der Waals surface area contributed by atoms with E-state index in [0.717, 1.165) is 44.5 Å². The predicted molar refractivity (Wildman–Crippen MR) is 96.9 cm³/mol. The summed E-state index contributed by atoms with van der Waals surface area (Å²) in [4.78, 5) is 0. The molecular formula is C21H28O2. The molecule has 2 aromatic carbocycles. The average Bonchev–Trinajstić information content (AvgIpc) is 2.54. The molecule has 2 nitrogen and oxygen atoms in total. The Labute approximate surface area is 139 Å². The van der Waals surface area contributed by atoms with E-state index in [1.54, 1.807) is 0 Å². The van der Waals surface area contributed by atoms with E-state index in [1.165, 1.54) is 11.1 Å². The standard InChI is InChI=1S/C21H28O2/c1-10-11(2)15(6)21(23)19(12(10)3)9-18-13(4)16(7)20(22)17(8)14(18)5/h22-23H,9H2,1-8H3. The summed E-state index contributed by atoms with van der Waals surface area (Å²) in [5.41, 5.74) is 10.8. The molecule has 0 heterocycles. The lowest BCUT2D eigenvalue weighted by atomic mass is 9.85. The number of rotatable bonds is 2. The maximum absolute atomic E-state index is 10.7. The van der Waals surface area contributed by atoms with Crippen LogP contribution in [0.25, 0.3) is 0 Å². The zero-order valence-electron chi connectivity index (χ0n) is 15.6. The quantitative estimate of drug-likeness (QED) is 0.804. The highest BCUT2D eigenvalue weighted by Gasteiger charge is 2.19. The second kappa shape index (κ2) is 5.92. The fourth-order valence-corrected chi connectivity index (χ4v) is 3.40. The molecule has 0 aliphatic rings. The molecule has 23 heavy (non-hydrogen) atoms. The molecule has 0 fully saturated rings. The topological polar surface area (TPSA) is 40.5 Å².